The number of amides is 1. The van der Waals surface area contributed by atoms with Gasteiger partial charge in [0.05, 0.1) is 12.8 Å². The van der Waals surface area contributed by atoms with E-state index in [-0.39, 0.29) is 11.7 Å². The molecule has 1 amide bonds. The van der Waals surface area contributed by atoms with Crippen molar-refractivity contribution in [2.24, 2.45) is 0 Å². The summed E-state index contributed by atoms with van der Waals surface area (Å²) >= 11 is 0. The number of anilines is 1. The van der Waals surface area contributed by atoms with Gasteiger partial charge in [0.15, 0.2) is 0 Å². The molecule has 35 heavy (non-hydrogen) atoms. The first-order chi connectivity index (χ1) is 17.0. The summed E-state index contributed by atoms with van der Waals surface area (Å²) in [4.78, 5) is 14.1. The highest BCUT2D eigenvalue weighted by Gasteiger charge is 2.10. The number of nitrogens with zero attached hydrogens (tertiary/aromatic N) is 3. The van der Waals surface area contributed by atoms with E-state index in [1.165, 1.54) is 18.2 Å². The van der Waals surface area contributed by atoms with Crippen molar-refractivity contribution in [3.63, 3.8) is 0 Å². The van der Waals surface area contributed by atoms with Crippen LogP contribution in [0.2, 0.25) is 0 Å². The zero-order chi connectivity index (χ0) is 24.4. The number of nitrogens with one attached hydrogen (secondary N) is 1. The second-order valence-electron chi connectivity index (χ2n) is 7.87. The third-order valence-corrected chi connectivity index (χ3v) is 5.44. The lowest BCUT2D eigenvalue weighted by Gasteiger charge is -2.05. The predicted octanol–water partition coefficient (Wildman–Crippen LogP) is 5.79. The fourth-order valence-corrected chi connectivity index (χ4v) is 3.58. The van der Waals surface area contributed by atoms with Gasteiger partial charge in [-0.2, -0.15) is 4.80 Å². The highest BCUT2D eigenvalue weighted by Crippen LogP contribution is 2.24. The van der Waals surface area contributed by atoms with Crippen molar-refractivity contribution in [1.82, 2.24) is 15.0 Å². The molecule has 0 atom stereocenters. The van der Waals surface area contributed by atoms with Crippen LogP contribution in [0.15, 0.2) is 83.3 Å². The molecule has 0 aliphatic carbocycles. The zero-order valence-corrected chi connectivity index (χ0v) is 19.0. The summed E-state index contributed by atoms with van der Waals surface area (Å²) in [6.45, 7) is 1.90. The maximum atomic E-state index is 13.1. The fourth-order valence-electron chi connectivity index (χ4n) is 3.58. The van der Waals surface area contributed by atoms with Crippen LogP contribution < -0.4 is 10.1 Å². The van der Waals surface area contributed by atoms with Crippen molar-refractivity contribution in [2.45, 2.75) is 6.92 Å². The maximum Gasteiger partial charge on any atom is 0.248 e. The second-order valence-corrected chi connectivity index (χ2v) is 7.87. The largest absolute Gasteiger partial charge is 0.497 e. The van der Waals surface area contributed by atoms with Crippen LogP contribution in [0.25, 0.3) is 34.1 Å². The number of carbonyl (C=O) groups is 1. The average Bonchev–Trinajstić information content (AvgIpc) is 3.50. The molecule has 2 heterocycles. The van der Waals surface area contributed by atoms with Gasteiger partial charge in [-0.15, -0.1) is 10.2 Å². The van der Waals surface area contributed by atoms with Gasteiger partial charge in [0.2, 0.25) is 5.91 Å². The van der Waals surface area contributed by atoms with Crippen LogP contribution in [0.1, 0.15) is 11.3 Å². The van der Waals surface area contributed by atoms with E-state index >= 15 is 0 Å². The van der Waals surface area contributed by atoms with Crippen molar-refractivity contribution in [3.05, 3.63) is 96.0 Å². The topological polar surface area (TPSA) is 82.2 Å². The number of furan rings is 1. The molecule has 0 unspecified atom stereocenters. The van der Waals surface area contributed by atoms with E-state index in [1.54, 1.807) is 48.3 Å². The Morgan fingerprint density at radius 2 is 1.71 bits per heavy atom. The summed E-state index contributed by atoms with van der Waals surface area (Å²) in [6.07, 6.45) is 2.97. The predicted molar refractivity (Wildman–Crippen MR) is 132 cm³/mol. The highest BCUT2D eigenvalue weighted by atomic mass is 19.1. The number of carbonyl (C=O) groups excluding carboxylic acids is 1. The number of aromatic nitrogens is 3. The first-order valence-electron chi connectivity index (χ1n) is 10.9. The minimum Gasteiger partial charge on any atom is -0.497 e. The van der Waals surface area contributed by atoms with Crippen molar-refractivity contribution >= 4 is 28.7 Å². The Labute approximate surface area is 200 Å². The summed E-state index contributed by atoms with van der Waals surface area (Å²) in [5.41, 5.74) is 4.42. The van der Waals surface area contributed by atoms with Crippen molar-refractivity contribution < 1.29 is 18.3 Å². The Balaban J connectivity index is 1.30. The molecule has 1 N–H and O–H groups in total. The molecule has 5 aromatic rings. The number of halogens is 1. The Hall–Kier alpha value is -4.72. The SMILES string of the molecule is COc1ccc(-n2nc3cc(C)c(NC(=O)/C=C/c4ccc(-c5ccc(F)cc5)o4)cc3n2)cc1. The van der Waals surface area contributed by atoms with Crippen molar-refractivity contribution in [2.75, 3.05) is 12.4 Å². The molecular formula is C27H21FN4O3. The summed E-state index contributed by atoms with van der Waals surface area (Å²) < 4.78 is 24.0. The van der Waals surface area contributed by atoms with E-state index < -0.39 is 0 Å². The normalized spacial score (nSPS) is 11.3. The molecule has 7 nitrogen and oxygen atoms in total. The monoisotopic (exact) mass is 468 g/mol. The molecule has 3 aromatic carbocycles. The molecule has 0 radical (unpaired) electrons. The Morgan fingerprint density at radius 3 is 2.43 bits per heavy atom. The first kappa shape index (κ1) is 22.1. The molecule has 2 aromatic heterocycles. The van der Waals surface area contributed by atoms with E-state index in [9.17, 15) is 9.18 Å². The van der Waals surface area contributed by atoms with Crippen LogP contribution in [-0.4, -0.2) is 28.0 Å². The number of methoxy groups -OCH3 is 1. The van der Waals surface area contributed by atoms with Gasteiger partial charge < -0.3 is 14.5 Å². The minimum absolute atomic E-state index is 0.310. The minimum atomic E-state index is -0.311. The highest BCUT2D eigenvalue weighted by molar-refractivity contribution is 6.03. The lowest BCUT2D eigenvalue weighted by molar-refractivity contribution is -0.111. The number of hydrogen-bond acceptors (Lipinski definition) is 5. The lowest BCUT2D eigenvalue weighted by atomic mass is 10.1. The lowest BCUT2D eigenvalue weighted by Crippen LogP contribution is -2.08. The van der Waals surface area contributed by atoms with E-state index in [0.717, 1.165) is 28.1 Å². The Bertz CT molecular complexity index is 1530. The fraction of sp³-hybridized carbons (Fsp3) is 0.0741. The Morgan fingerprint density at radius 1 is 1.00 bits per heavy atom. The van der Waals surface area contributed by atoms with Gasteiger partial charge in [0, 0.05) is 17.3 Å². The van der Waals surface area contributed by atoms with Gasteiger partial charge in [-0.1, -0.05) is 0 Å². The van der Waals surface area contributed by atoms with Gasteiger partial charge in [0.25, 0.3) is 0 Å². The second kappa shape index (κ2) is 9.26. The van der Waals surface area contributed by atoms with Crippen LogP contribution in [0, 0.1) is 12.7 Å². The van der Waals surface area contributed by atoms with Gasteiger partial charge in [-0.25, -0.2) is 4.39 Å². The van der Waals surface area contributed by atoms with Gasteiger partial charge >= 0.3 is 0 Å². The number of benzene rings is 3. The Kier molecular flexibility index (Phi) is 5.85. The zero-order valence-electron chi connectivity index (χ0n) is 19.0. The molecule has 5 rings (SSSR count). The van der Waals surface area contributed by atoms with Crippen LogP contribution in [0.3, 0.4) is 0 Å². The van der Waals surface area contributed by atoms with Gasteiger partial charge in [-0.3, -0.25) is 4.79 Å². The van der Waals surface area contributed by atoms with Gasteiger partial charge in [-0.05, 0) is 91.4 Å². The van der Waals surface area contributed by atoms with Gasteiger partial charge in [0.1, 0.15) is 34.1 Å². The molecule has 0 bridgehead atoms. The summed E-state index contributed by atoms with van der Waals surface area (Å²) in [5.74, 6) is 1.23. The van der Waals surface area contributed by atoms with Crippen LogP contribution in [-0.2, 0) is 4.79 Å². The molecular weight excluding hydrogens is 447 g/mol. The van der Waals surface area contributed by atoms with Crippen LogP contribution in [0.4, 0.5) is 10.1 Å². The van der Waals surface area contributed by atoms with E-state index in [0.29, 0.717) is 22.7 Å². The number of rotatable bonds is 6. The van der Waals surface area contributed by atoms with E-state index in [1.807, 2.05) is 37.3 Å². The summed E-state index contributed by atoms with van der Waals surface area (Å²) in [6, 6.07) is 20.6. The van der Waals surface area contributed by atoms with Crippen LogP contribution in [0.5, 0.6) is 5.75 Å². The third-order valence-electron chi connectivity index (χ3n) is 5.44. The van der Waals surface area contributed by atoms with Crippen molar-refractivity contribution in [1.29, 1.82) is 0 Å². The number of ether oxygens (including phenoxy) is 1. The number of hydrogen-bond donors (Lipinski definition) is 1. The quantitative estimate of drug-likeness (QED) is 0.319. The first-order valence-corrected chi connectivity index (χ1v) is 10.9. The third kappa shape index (κ3) is 4.81. The molecule has 0 saturated heterocycles. The van der Waals surface area contributed by atoms with E-state index in [2.05, 4.69) is 15.5 Å². The molecule has 0 aliphatic heterocycles. The molecule has 0 fully saturated rings. The number of aryl methyl sites for hydroxylation is 1. The molecule has 0 aliphatic rings. The summed E-state index contributed by atoms with van der Waals surface area (Å²) in [5, 5.41) is 11.9. The smallest absolute Gasteiger partial charge is 0.248 e. The summed E-state index contributed by atoms with van der Waals surface area (Å²) in [7, 11) is 1.61. The van der Waals surface area contributed by atoms with Crippen molar-refractivity contribution in [3.8, 4) is 22.8 Å². The average molecular weight is 468 g/mol. The molecule has 174 valence electrons. The standard InChI is InChI=1S/C27H21FN4O3/c1-17-15-24-25(31-32(30-24)20-7-9-21(34-2)10-8-20)16-23(17)29-27(33)14-12-22-11-13-26(35-22)18-3-5-19(28)6-4-18/h3-16H,1-2H3,(H,29,33)/b14-12+. The molecule has 0 spiro atoms. The van der Waals surface area contributed by atoms with E-state index in [4.69, 9.17) is 9.15 Å². The number of fused-ring (bicyclic) bond motifs is 1. The maximum absolute atomic E-state index is 13.1. The van der Waals surface area contributed by atoms with Crippen LogP contribution >= 0.6 is 0 Å². The molecule has 0 saturated carbocycles. The molecule has 8 heteroatoms.